The zero-order valence-corrected chi connectivity index (χ0v) is 7.47. The highest BCUT2D eigenvalue weighted by molar-refractivity contribution is 5.82. The van der Waals surface area contributed by atoms with E-state index in [9.17, 15) is 0 Å². The third kappa shape index (κ3) is 1.11. The Hall–Kier alpha value is -2.51. The molecule has 3 heterocycles. The van der Waals surface area contributed by atoms with Gasteiger partial charge in [-0.15, -0.1) is 0 Å². The summed E-state index contributed by atoms with van der Waals surface area (Å²) in [5, 5.41) is 10.0. The van der Waals surface area contributed by atoms with Crippen LogP contribution in [0.1, 0.15) is 0 Å². The normalized spacial score (nSPS) is 10.9. The van der Waals surface area contributed by atoms with Gasteiger partial charge in [0.05, 0.1) is 12.5 Å². The van der Waals surface area contributed by atoms with Gasteiger partial charge in [-0.3, -0.25) is 0 Å². The quantitative estimate of drug-likeness (QED) is 0.498. The number of rotatable bonds is 1. The van der Waals surface area contributed by atoms with Crippen molar-refractivity contribution < 1.29 is 0 Å². The van der Waals surface area contributed by atoms with Crippen LogP contribution < -0.4 is 5.73 Å². The molecule has 3 aromatic rings. The molecule has 0 saturated carbocycles. The van der Waals surface area contributed by atoms with E-state index in [0.717, 1.165) is 0 Å². The van der Waals surface area contributed by atoms with Gasteiger partial charge in [-0.25, -0.2) is 15.0 Å². The Balaban J connectivity index is 2.29. The SMILES string of the molecule is Nc1nc(-c2cn[nH]n2)nc2nc[nH]c12. The summed E-state index contributed by atoms with van der Waals surface area (Å²) in [6, 6.07) is 0. The van der Waals surface area contributed by atoms with Crippen LogP contribution >= 0.6 is 0 Å². The number of imidazole rings is 1. The molecule has 3 aromatic heterocycles. The van der Waals surface area contributed by atoms with Gasteiger partial charge in [0.2, 0.25) is 0 Å². The van der Waals surface area contributed by atoms with Crippen LogP contribution in [-0.4, -0.2) is 35.3 Å². The summed E-state index contributed by atoms with van der Waals surface area (Å²) in [5.74, 6) is 0.747. The predicted octanol–water partition coefficient (Wildman–Crippen LogP) is -0.280. The second-order valence-electron chi connectivity index (χ2n) is 2.89. The van der Waals surface area contributed by atoms with E-state index >= 15 is 0 Å². The molecule has 8 nitrogen and oxygen atoms in total. The summed E-state index contributed by atoms with van der Waals surface area (Å²) in [6.45, 7) is 0. The van der Waals surface area contributed by atoms with E-state index in [1.165, 1.54) is 12.5 Å². The van der Waals surface area contributed by atoms with E-state index in [1.54, 1.807) is 0 Å². The predicted molar refractivity (Wildman–Crippen MR) is 51.5 cm³/mol. The van der Waals surface area contributed by atoms with E-state index in [0.29, 0.717) is 28.5 Å². The van der Waals surface area contributed by atoms with Crippen LogP contribution in [0.15, 0.2) is 12.5 Å². The monoisotopic (exact) mass is 202 g/mol. The lowest BCUT2D eigenvalue weighted by Crippen LogP contribution is -1.97. The molecular weight excluding hydrogens is 196 g/mol. The lowest BCUT2D eigenvalue weighted by atomic mass is 10.4. The molecule has 0 atom stereocenters. The fraction of sp³-hybridized carbons (Fsp3) is 0. The number of nitrogens with zero attached hydrogens (tertiary/aromatic N) is 5. The smallest absolute Gasteiger partial charge is 0.186 e. The Morgan fingerprint density at radius 3 is 3.00 bits per heavy atom. The second kappa shape index (κ2) is 2.74. The van der Waals surface area contributed by atoms with Crippen LogP contribution in [0.5, 0.6) is 0 Å². The van der Waals surface area contributed by atoms with Crippen LogP contribution in [-0.2, 0) is 0 Å². The van der Waals surface area contributed by atoms with Gasteiger partial charge in [0.15, 0.2) is 17.3 Å². The summed E-state index contributed by atoms with van der Waals surface area (Å²) in [4.78, 5) is 15.1. The molecule has 0 aliphatic carbocycles. The lowest BCUT2D eigenvalue weighted by molar-refractivity contribution is 0.939. The average molecular weight is 202 g/mol. The van der Waals surface area contributed by atoms with Gasteiger partial charge in [-0.2, -0.15) is 15.4 Å². The maximum atomic E-state index is 5.73. The first-order chi connectivity index (χ1) is 7.34. The number of anilines is 1. The minimum Gasteiger partial charge on any atom is -0.382 e. The molecule has 0 radical (unpaired) electrons. The first-order valence-corrected chi connectivity index (χ1v) is 4.17. The van der Waals surface area contributed by atoms with Gasteiger partial charge in [-0.1, -0.05) is 0 Å². The maximum Gasteiger partial charge on any atom is 0.186 e. The molecule has 0 saturated heterocycles. The summed E-state index contributed by atoms with van der Waals surface area (Å²) in [5.41, 5.74) is 7.40. The zero-order valence-electron chi connectivity index (χ0n) is 7.47. The molecule has 0 bridgehead atoms. The third-order valence-electron chi connectivity index (χ3n) is 1.96. The van der Waals surface area contributed by atoms with Crippen LogP contribution in [0.2, 0.25) is 0 Å². The summed E-state index contributed by atoms with van der Waals surface area (Å²) in [7, 11) is 0. The zero-order chi connectivity index (χ0) is 10.3. The fourth-order valence-electron chi connectivity index (χ4n) is 1.28. The standard InChI is InChI=1S/C7H6N8/c8-5-4-7(10-2-9-4)13-6(12-5)3-1-11-15-14-3/h1-2H,(H,11,14,15)(H3,8,9,10,12,13). The molecule has 0 aromatic carbocycles. The van der Waals surface area contributed by atoms with E-state index in [4.69, 9.17) is 5.73 Å². The number of nitrogens with one attached hydrogen (secondary N) is 2. The minimum atomic E-state index is 0.343. The largest absolute Gasteiger partial charge is 0.382 e. The maximum absolute atomic E-state index is 5.73. The molecule has 0 unspecified atom stereocenters. The van der Waals surface area contributed by atoms with Crippen LogP contribution in [0.3, 0.4) is 0 Å². The first-order valence-electron chi connectivity index (χ1n) is 4.17. The molecule has 15 heavy (non-hydrogen) atoms. The summed E-state index contributed by atoms with van der Waals surface area (Å²) in [6.07, 6.45) is 3.04. The average Bonchev–Trinajstić information content (AvgIpc) is 2.88. The Bertz CT molecular complexity index is 595. The van der Waals surface area contributed by atoms with E-state index < -0.39 is 0 Å². The number of H-pyrrole nitrogens is 2. The van der Waals surface area contributed by atoms with E-state index in [2.05, 4.69) is 35.3 Å². The fourth-order valence-corrected chi connectivity index (χ4v) is 1.28. The highest BCUT2D eigenvalue weighted by Gasteiger charge is 2.10. The van der Waals surface area contributed by atoms with Crippen molar-refractivity contribution in [2.75, 3.05) is 5.73 Å². The van der Waals surface area contributed by atoms with E-state index in [-0.39, 0.29) is 0 Å². The van der Waals surface area contributed by atoms with Crippen LogP contribution in [0.4, 0.5) is 5.82 Å². The number of fused-ring (bicyclic) bond motifs is 1. The van der Waals surface area contributed by atoms with Gasteiger partial charge in [0.1, 0.15) is 11.2 Å². The van der Waals surface area contributed by atoms with Crippen LogP contribution in [0, 0.1) is 0 Å². The Kier molecular flexibility index (Phi) is 1.43. The van der Waals surface area contributed by atoms with Gasteiger partial charge in [0.25, 0.3) is 0 Å². The lowest BCUT2D eigenvalue weighted by Gasteiger charge is -1.97. The molecule has 0 aliphatic heterocycles. The van der Waals surface area contributed by atoms with Crippen molar-refractivity contribution >= 4 is 17.0 Å². The number of nitrogens with two attached hydrogens (primary N) is 1. The third-order valence-corrected chi connectivity index (χ3v) is 1.96. The van der Waals surface area contributed by atoms with Gasteiger partial charge in [-0.05, 0) is 0 Å². The number of hydrogen-bond donors (Lipinski definition) is 3. The molecule has 0 spiro atoms. The second-order valence-corrected chi connectivity index (χ2v) is 2.89. The van der Waals surface area contributed by atoms with E-state index in [1.807, 2.05) is 0 Å². The van der Waals surface area contributed by atoms with Crippen LogP contribution in [0.25, 0.3) is 22.7 Å². The molecule has 74 valence electrons. The molecule has 0 aliphatic rings. The molecule has 0 fully saturated rings. The topological polar surface area (TPSA) is 122 Å². The molecule has 3 rings (SSSR count). The minimum absolute atomic E-state index is 0.343. The van der Waals surface area contributed by atoms with Crippen molar-refractivity contribution in [1.82, 2.24) is 35.3 Å². The summed E-state index contributed by atoms with van der Waals surface area (Å²) < 4.78 is 0. The molecule has 0 amide bonds. The first kappa shape index (κ1) is 7.85. The number of aromatic nitrogens is 7. The van der Waals surface area contributed by atoms with Crippen molar-refractivity contribution in [3.05, 3.63) is 12.5 Å². The van der Waals surface area contributed by atoms with Crippen molar-refractivity contribution in [3.63, 3.8) is 0 Å². The Labute approximate surface area is 83.0 Å². The van der Waals surface area contributed by atoms with Crippen molar-refractivity contribution in [2.24, 2.45) is 0 Å². The summed E-state index contributed by atoms with van der Waals surface area (Å²) >= 11 is 0. The van der Waals surface area contributed by atoms with Crippen molar-refractivity contribution in [3.8, 4) is 11.5 Å². The van der Waals surface area contributed by atoms with Crippen molar-refractivity contribution in [1.29, 1.82) is 0 Å². The molecule has 4 N–H and O–H groups in total. The number of nitrogen functional groups attached to an aromatic ring is 1. The number of aromatic amines is 2. The highest BCUT2D eigenvalue weighted by atomic mass is 15.3. The molecular formula is C7H6N8. The van der Waals surface area contributed by atoms with Gasteiger partial charge >= 0.3 is 0 Å². The van der Waals surface area contributed by atoms with Gasteiger partial charge in [0, 0.05) is 0 Å². The van der Waals surface area contributed by atoms with Crippen molar-refractivity contribution in [2.45, 2.75) is 0 Å². The Morgan fingerprint density at radius 2 is 2.20 bits per heavy atom. The Morgan fingerprint density at radius 1 is 1.27 bits per heavy atom. The highest BCUT2D eigenvalue weighted by Crippen LogP contribution is 2.17. The molecule has 8 heteroatoms. The number of hydrogen-bond acceptors (Lipinski definition) is 6. The van der Waals surface area contributed by atoms with Gasteiger partial charge < -0.3 is 10.7 Å².